The molecule has 6 heterocycles. The zero-order valence-corrected chi connectivity index (χ0v) is 38.6. The van der Waals surface area contributed by atoms with E-state index in [1.807, 2.05) is 59.2 Å². The van der Waals surface area contributed by atoms with Gasteiger partial charge < -0.3 is 33.5 Å². The minimum Gasteiger partial charge on any atom is -0.440 e. The number of aliphatic hydroxyl groups is 2. The van der Waals surface area contributed by atoms with Gasteiger partial charge in [-0.05, 0) is 100.0 Å². The molecule has 0 unspecified atom stereocenters. The third-order valence-corrected chi connectivity index (χ3v) is 12.1. The molecule has 0 aliphatic rings. The van der Waals surface area contributed by atoms with Gasteiger partial charge in [0.15, 0.2) is 23.3 Å². The van der Waals surface area contributed by atoms with E-state index in [0.29, 0.717) is 68.1 Å². The summed E-state index contributed by atoms with van der Waals surface area (Å²) < 4.78 is 14.7. The quantitative estimate of drug-likeness (QED) is 0.0645. The van der Waals surface area contributed by atoms with Gasteiger partial charge in [0, 0.05) is 31.6 Å². The Bertz CT molecular complexity index is 3180. The highest BCUT2D eigenvalue weighted by Gasteiger charge is 2.24. The van der Waals surface area contributed by atoms with Crippen LogP contribution in [0, 0.1) is 13.8 Å². The maximum absolute atomic E-state index is 13.1. The van der Waals surface area contributed by atoms with E-state index in [9.17, 15) is 24.6 Å². The van der Waals surface area contributed by atoms with Gasteiger partial charge in [0.1, 0.15) is 6.29 Å². The van der Waals surface area contributed by atoms with Crippen molar-refractivity contribution in [1.82, 2.24) is 29.1 Å². The van der Waals surface area contributed by atoms with E-state index in [-0.39, 0.29) is 24.9 Å². The predicted octanol–water partition coefficient (Wildman–Crippen LogP) is 9.59. The first-order chi connectivity index (χ1) is 31.5. The van der Waals surface area contributed by atoms with Gasteiger partial charge in [-0.1, -0.05) is 24.3 Å². The zero-order chi connectivity index (χ0) is 46.8. The summed E-state index contributed by atoms with van der Waals surface area (Å²) >= 11 is 2.60. The lowest BCUT2D eigenvalue weighted by Gasteiger charge is -2.20. The zero-order valence-electron chi connectivity index (χ0n) is 36.9. The number of nitrogens with zero attached hydrogens (tertiary/aromatic N) is 6. The van der Waals surface area contributed by atoms with Crippen LogP contribution in [0.2, 0.25) is 0 Å². The average Bonchev–Trinajstić information content (AvgIpc) is 4.14. The maximum Gasteiger partial charge on any atom is 0.268 e. The Balaban J connectivity index is 0.000000182. The first-order valence-corrected chi connectivity index (χ1v) is 22.5. The Hall–Kier alpha value is -7.25. The number of benzene rings is 3. The Labute approximate surface area is 387 Å². The van der Waals surface area contributed by atoms with E-state index in [4.69, 9.17) is 13.8 Å². The molecule has 0 aliphatic heterocycles. The minimum atomic E-state index is -1.03. The van der Waals surface area contributed by atoms with Crippen molar-refractivity contribution in [2.75, 3.05) is 16.0 Å². The molecule has 66 heavy (non-hydrogen) atoms. The van der Waals surface area contributed by atoms with E-state index in [0.717, 1.165) is 38.3 Å². The standard InChI is InChI=1S/C27H27N5O3S.C21H20N4O4S/c1-17-28-15-22(35-17)23-11-12-24(36-23)25(33)31-26-30-20-13-18(14-29-19-7-5-4-6-8-19)9-10-21(20)32(26)16-27(2,3)34;1-12-22-9-16(29-12)17-6-7-18(30-17)19(27)24-20-23-14-8-13(10-26)4-5-15(14)25(20)11-21(2,3)28/h4-13,15,29,34H,14,16H2,1-3H3,(H,30,31,33);4-10,28H,11H2,1-3H3,(H,23,24,27). The molecule has 338 valence electrons. The molecule has 0 radical (unpaired) electrons. The molecule has 18 heteroatoms. The van der Waals surface area contributed by atoms with E-state index in [1.165, 1.54) is 22.7 Å². The highest BCUT2D eigenvalue weighted by atomic mass is 32.1. The molecule has 9 aromatic rings. The maximum atomic E-state index is 13.1. The molecule has 0 bridgehead atoms. The minimum absolute atomic E-state index is 0.215. The van der Waals surface area contributed by atoms with Gasteiger partial charge in [-0.15, -0.1) is 22.7 Å². The lowest BCUT2D eigenvalue weighted by Crippen LogP contribution is -2.27. The number of aromatic nitrogens is 6. The number of fused-ring (bicyclic) bond motifs is 2. The number of carbonyl (C=O) groups excluding carboxylic acids is 3. The number of rotatable bonds is 14. The van der Waals surface area contributed by atoms with Crippen LogP contribution < -0.4 is 16.0 Å². The molecular formula is C48H47N9O7S2. The van der Waals surface area contributed by atoms with Crippen molar-refractivity contribution >= 4 is 80.4 Å². The smallest absolute Gasteiger partial charge is 0.268 e. The van der Waals surface area contributed by atoms with Crippen LogP contribution in [0.15, 0.2) is 112 Å². The van der Waals surface area contributed by atoms with Crippen LogP contribution in [0.1, 0.15) is 74.7 Å². The fourth-order valence-electron chi connectivity index (χ4n) is 7.01. The van der Waals surface area contributed by atoms with Gasteiger partial charge in [0.05, 0.1) is 78.3 Å². The highest BCUT2D eigenvalue weighted by molar-refractivity contribution is 7.17. The second kappa shape index (κ2) is 18.7. The number of amides is 2. The van der Waals surface area contributed by atoms with Crippen LogP contribution in [-0.2, 0) is 19.6 Å². The molecule has 0 aliphatic carbocycles. The molecule has 0 atom stereocenters. The number of anilines is 3. The van der Waals surface area contributed by atoms with Crippen molar-refractivity contribution < 1.29 is 33.4 Å². The fourth-order valence-corrected chi connectivity index (χ4v) is 8.71. The van der Waals surface area contributed by atoms with Crippen molar-refractivity contribution in [3.8, 4) is 21.3 Å². The van der Waals surface area contributed by atoms with Crippen LogP contribution in [-0.4, -0.2) is 68.6 Å². The molecule has 6 aromatic heterocycles. The monoisotopic (exact) mass is 925 g/mol. The van der Waals surface area contributed by atoms with Gasteiger partial charge in [-0.3, -0.25) is 25.0 Å². The summed E-state index contributed by atoms with van der Waals surface area (Å²) in [5, 5.41) is 30.0. The SMILES string of the molecule is Cc1ncc(-c2ccc(C(=O)Nc3nc4cc(C=O)ccc4n3CC(C)(C)O)s2)o1.Cc1ncc(-c2ccc(C(=O)Nc3nc4cc(CNc5ccccc5)ccc4n3CC(C)(C)O)s2)o1. The summed E-state index contributed by atoms with van der Waals surface area (Å²) in [6.07, 6.45) is 4.01. The summed E-state index contributed by atoms with van der Waals surface area (Å²) in [6.45, 7) is 11.5. The third-order valence-electron chi connectivity index (χ3n) is 9.92. The molecular weight excluding hydrogens is 879 g/mol. The van der Waals surface area contributed by atoms with Gasteiger partial charge in [-0.2, -0.15) is 0 Å². The topological polar surface area (TPSA) is 215 Å². The number of carbonyl (C=O) groups is 3. The van der Waals surface area contributed by atoms with E-state index in [1.54, 1.807) is 94.9 Å². The number of oxazole rings is 2. The second-order valence-corrected chi connectivity index (χ2v) is 19.0. The Morgan fingerprint density at radius 3 is 1.65 bits per heavy atom. The van der Waals surface area contributed by atoms with Crippen LogP contribution in [0.25, 0.3) is 43.3 Å². The summed E-state index contributed by atoms with van der Waals surface area (Å²) in [5.74, 6) is 2.43. The first-order valence-electron chi connectivity index (χ1n) is 20.8. The molecule has 2 amide bonds. The summed E-state index contributed by atoms with van der Waals surface area (Å²) in [7, 11) is 0. The lowest BCUT2D eigenvalue weighted by molar-refractivity contribution is 0.0625. The largest absolute Gasteiger partial charge is 0.440 e. The molecule has 3 aromatic carbocycles. The number of hydrogen-bond acceptors (Lipinski definition) is 14. The average molecular weight is 926 g/mol. The third kappa shape index (κ3) is 10.8. The number of imidazole rings is 2. The number of aryl methyl sites for hydroxylation is 2. The van der Waals surface area contributed by atoms with E-state index in [2.05, 4.69) is 30.9 Å². The molecule has 0 fully saturated rings. The van der Waals surface area contributed by atoms with Gasteiger partial charge in [0.2, 0.25) is 11.9 Å². The van der Waals surface area contributed by atoms with Crippen LogP contribution >= 0.6 is 22.7 Å². The van der Waals surface area contributed by atoms with E-state index < -0.39 is 11.2 Å². The van der Waals surface area contributed by atoms with Crippen LogP contribution in [0.3, 0.4) is 0 Å². The molecule has 9 rings (SSSR count). The summed E-state index contributed by atoms with van der Waals surface area (Å²) in [4.78, 5) is 57.1. The van der Waals surface area contributed by atoms with Crippen LogP contribution in [0.5, 0.6) is 0 Å². The normalized spacial score (nSPS) is 11.7. The number of nitrogens with one attached hydrogen (secondary N) is 3. The lowest BCUT2D eigenvalue weighted by atomic mass is 10.1. The highest BCUT2D eigenvalue weighted by Crippen LogP contribution is 2.32. The van der Waals surface area contributed by atoms with Crippen molar-refractivity contribution in [2.24, 2.45) is 0 Å². The van der Waals surface area contributed by atoms with Gasteiger partial charge in [-0.25, -0.2) is 19.9 Å². The van der Waals surface area contributed by atoms with Gasteiger partial charge >= 0.3 is 0 Å². The van der Waals surface area contributed by atoms with Crippen molar-refractivity contribution in [3.63, 3.8) is 0 Å². The van der Waals surface area contributed by atoms with Crippen molar-refractivity contribution in [1.29, 1.82) is 0 Å². The molecule has 0 saturated heterocycles. The number of thiophene rings is 2. The van der Waals surface area contributed by atoms with Crippen LogP contribution in [0.4, 0.5) is 17.6 Å². The van der Waals surface area contributed by atoms with E-state index >= 15 is 0 Å². The van der Waals surface area contributed by atoms with Crippen molar-refractivity contribution in [2.45, 2.75) is 72.4 Å². The summed E-state index contributed by atoms with van der Waals surface area (Å²) in [6, 6.07) is 28.2. The van der Waals surface area contributed by atoms with Gasteiger partial charge in [0.25, 0.3) is 11.8 Å². The first kappa shape index (κ1) is 45.3. The molecule has 0 saturated carbocycles. The Morgan fingerprint density at radius 2 is 1.18 bits per heavy atom. The summed E-state index contributed by atoms with van der Waals surface area (Å²) in [5.41, 5.74) is 3.39. The molecule has 16 nitrogen and oxygen atoms in total. The molecule has 5 N–H and O–H groups in total. The fraction of sp³-hybridized carbons (Fsp3) is 0.229. The Morgan fingerprint density at radius 1 is 0.682 bits per heavy atom. The second-order valence-electron chi connectivity index (χ2n) is 16.8. The Kier molecular flexibility index (Phi) is 12.8. The number of aldehydes is 1. The number of hydrogen-bond donors (Lipinski definition) is 5. The van der Waals surface area contributed by atoms with Crippen molar-refractivity contribution in [3.05, 3.63) is 136 Å². The number of para-hydroxylation sites is 1. The predicted molar refractivity (Wildman–Crippen MR) is 256 cm³/mol. The molecule has 0 spiro atoms.